The summed E-state index contributed by atoms with van der Waals surface area (Å²) in [4.78, 5) is 15.1. The number of hydrogen-bond donors (Lipinski definition) is 2. The molecule has 1 aromatic heterocycles. The average molecular weight is 454 g/mol. The maximum atomic E-state index is 13.5. The predicted molar refractivity (Wildman–Crippen MR) is 118 cm³/mol. The molecular formula is C23H23N3O5S. The summed E-state index contributed by atoms with van der Waals surface area (Å²) in [7, 11) is -1.64. The highest BCUT2D eigenvalue weighted by atomic mass is 32.2. The summed E-state index contributed by atoms with van der Waals surface area (Å²) in [5.74, 6) is 0.390. The van der Waals surface area contributed by atoms with Crippen molar-refractivity contribution in [2.75, 3.05) is 18.6 Å². The number of methoxy groups -OCH3 is 1. The van der Waals surface area contributed by atoms with Crippen molar-refractivity contribution in [2.45, 2.75) is 25.4 Å². The predicted octanol–water partition coefficient (Wildman–Crippen LogP) is 2.83. The molecule has 32 heavy (non-hydrogen) atoms. The van der Waals surface area contributed by atoms with Crippen molar-refractivity contribution in [3.8, 4) is 22.8 Å². The van der Waals surface area contributed by atoms with Crippen LogP contribution in [0.1, 0.15) is 39.6 Å². The molecule has 0 spiro atoms. The number of carbonyl (C=O) groups is 1. The molecule has 2 atom stereocenters. The van der Waals surface area contributed by atoms with E-state index in [4.69, 9.17) is 4.74 Å². The molecule has 2 aliphatic heterocycles. The number of phenols is 1. The number of rotatable bonds is 4. The molecule has 0 saturated carbocycles. The highest BCUT2D eigenvalue weighted by Gasteiger charge is 2.48. The summed E-state index contributed by atoms with van der Waals surface area (Å²) in [6.45, 7) is 1.91. The van der Waals surface area contributed by atoms with E-state index >= 15 is 0 Å². The molecule has 8 nitrogen and oxygen atoms in total. The maximum Gasteiger partial charge on any atom is 0.273 e. The van der Waals surface area contributed by atoms with Crippen molar-refractivity contribution < 1.29 is 23.1 Å². The zero-order valence-electron chi connectivity index (χ0n) is 17.7. The van der Waals surface area contributed by atoms with E-state index < -0.39 is 21.9 Å². The van der Waals surface area contributed by atoms with Crippen LogP contribution in [0.5, 0.6) is 11.5 Å². The fraction of sp³-hybridized carbons (Fsp3) is 0.304. The zero-order chi connectivity index (χ0) is 22.6. The minimum atomic E-state index is -3.20. The number of fused-ring (bicyclic) bond motifs is 1. The highest BCUT2D eigenvalue weighted by molar-refractivity contribution is 7.91. The van der Waals surface area contributed by atoms with Crippen LogP contribution in [0.15, 0.2) is 42.5 Å². The zero-order valence-corrected chi connectivity index (χ0v) is 18.5. The molecule has 1 amide bonds. The van der Waals surface area contributed by atoms with Crippen LogP contribution >= 0.6 is 0 Å². The van der Waals surface area contributed by atoms with Crippen molar-refractivity contribution in [1.82, 2.24) is 15.1 Å². The highest BCUT2D eigenvalue weighted by Crippen LogP contribution is 2.47. The first kappa shape index (κ1) is 20.6. The van der Waals surface area contributed by atoms with Crippen molar-refractivity contribution >= 4 is 15.7 Å². The van der Waals surface area contributed by atoms with Gasteiger partial charge in [0.15, 0.2) is 9.84 Å². The number of hydrogen-bond acceptors (Lipinski definition) is 6. The smallest absolute Gasteiger partial charge is 0.273 e. The van der Waals surface area contributed by atoms with Crippen LogP contribution in [-0.4, -0.2) is 59.2 Å². The van der Waals surface area contributed by atoms with E-state index in [1.807, 2.05) is 37.3 Å². The van der Waals surface area contributed by atoms with Gasteiger partial charge in [0.25, 0.3) is 5.91 Å². The van der Waals surface area contributed by atoms with Gasteiger partial charge in [-0.3, -0.25) is 9.89 Å². The lowest BCUT2D eigenvalue weighted by Crippen LogP contribution is -2.40. The van der Waals surface area contributed by atoms with E-state index in [0.717, 1.165) is 11.1 Å². The third-order valence-corrected chi connectivity index (χ3v) is 7.97. The minimum Gasteiger partial charge on any atom is -0.507 e. The Bertz CT molecular complexity index is 1330. The summed E-state index contributed by atoms with van der Waals surface area (Å²) >= 11 is 0. The second kappa shape index (κ2) is 7.37. The first-order valence-corrected chi connectivity index (χ1v) is 12.2. The van der Waals surface area contributed by atoms with Gasteiger partial charge in [-0.1, -0.05) is 23.8 Å². The average Bonchev–Trinajstić information content (AvgIpc) is 3.43. The van der Waals surface area contributed by atoms with Gasteiger partial charge in [0.05, 0.1) is 24.7 Å². The number of phenolic OH excluding ortho intramolecular Hbond substituents is 1. The van der Waals surface area contributed by atoms with Gasteiger partial charge >= 0.3 is 0 Å². The largest absolute Gasteiger partial charge is 0.507 e. The standard InChI is InChI=1S/C23H23N3O5S/c1-13-6-7-18(27)17(10-13)20-19-21(25-24-20)23(28)26(15-8-9-32(29,30)12-15)22(19)14-4-3-5-16(11-14)31-2/h3-7,10-11,15,22,27H,8-9,12H2,1-2H3,(H,24,25). The van der Waals surface area contributed by atoms with E-state index in [1.54, 1.807) is 24.1 Å². The molecule has 1 fully saturated rings. The van der Waals surface area contributed by atoms with Gasteiger partial charge in [-0.25, -0.2) is 8.42 Å². The molecule has 3 heterocycles. The number of carbonyl (C=O) groups excluding carboxylic acids is 1. The molecule has 9 heteroatoms. The molecule has 166 valence electrons. The Morgan fingerprint density at radius 1 is 1.22 bits per heavy atom. The molecule has 3 aromatic rings. The normalized spacial score (nSPS) is 21.7. The molecule has 2 aromatic carbocycles. The summed E-state index contributed by atoms with van der Waals surface area (Å²) in [5, 5.41) is 17.8. The third kappa shape index (κ3) is 3.24. The first-order chi connectivity index (χ1) is 15.3. The number of amides is 1. The lowest BCUT2D eigenvalue weighted by atomic mass is 9.94. The number of aryl methyl sites for hydroxylation is 1. The molecule has 2 unspecified atom stereocenters. The number of nitrogens with one attached hydrogen (secondary N) is 1. The van der Waals surface area contributed by atoms with Gasteiger partial charge in [0, 0.05) is 17.2 Å². The van der Waals surface area contributed by atoms with Crippen LogP contribution in [0.4, 0.5) is 0 Å². The Morgan fingerprint density at radius 3 is 2.75 bits per heavy atom. The fourth-order valence-electron chi connectivity index (χ4n) is 4.72. The van der Waals surface area contributed by atoms with Crippen LogP contribution in [0.3, 0.4) is 0 Å². The Morgan fingerprint density at radius 2 is 2.03 bits per heavy atom. The summed E-state index contributed by atoms with van der Waals surface area (Å²) in [5.41, 5.74) is 3.67. The van der Waals surface area contributed by atoms with Crippen molar-refractivity contribution in [2.24, 2.45) is 0 Å². The SMILES string of the molecule is COc1cccc(C2c3c(-c4cc(C)ccc4O)n[nH]c3C(=O)N2C2CCS(=O)(=O)C2)c1. The molecule has 2 N–H and O–H groups in total. The molecule has 0 radical (unpaired) electrons. The number of aromatic hydroxyl groups is 1. The second-order valence-corrected chi connectivity index (χ2v) is 10.6. The van der Waals surface area contributed by atoms with Crippen LogP contribution in [-0.2, 0) is 9.84 Å². The third-order valence-electron chi connectivity index (χ3n) is 6.22. The number of ether oxygens (including phenoxy) is 1. The summed E-state index contributed by atoms with van der Waals surface area (Å²) in [6, 6.07) is 11.6. The second-order valence-electron chi connectivity index (χ2n) is 8.33. The number of sulfone groups is 1. The number of nitrogens with zero attached hydrogens (tertiary/aromatic N) is 2. The van der Waals surface area contributed by atoms with Gasteiger partial charge in [0.2, 0.25) is 0 Å². The molecule has 1 saturated heterocycles. The topological polar surface area (TPSA) is 113 Å². The lowest BCUT2D eigenvalue weighted by molar-refractivity contribution is 0.0677. The number of aromatic nitrogens is 2. The number of aromatic amines is 1. The lowest BCUT2D eigenvalue weighted by Gasteiger charge is -2.31. The van der Waals surface area contributed by atoms with Crippen LogP contribution in [0.2, 0.25) is 0 Å². The van der Waals surface area contributed by atoms with Crippen LogP contribution < -0.4 is 4.74 Å². The Labute approximate surface area is 185 Å². The fourth-order valence-corrected chi connectivity index (χ4v) is 6.43. The molecule has 5 rings (SSSR count). The van der Waals surface area contributed by atoms with Gasteiger partial charge in [-0.2, -0.15) is 5.10 Å². The van der Waals surface area contributed by atoms with Crippen molar-refractivity contribution in [3.63, 3.8) is 0 Å². The van der Waals surface area contributed by atoms with Gasteiger partial charge in [-0.15, -0.1) is 0 Å². The molecule has 0 bridgehead atoms. The van der Waals surface area contributed by atoms with E-state index in [9.17, 15) is 18.3 Å². The van der Waals surface area contributed by atoms with Gasteiger partial charge < -0.3 is 14.7 Å². The molecule has 2 aliphatic rings. The first-order valence-electron chi connectivity index (χ1n) is 10.3. The van der Waals surface area contributed by atoms with Crippen molar-refractivity contribution in [1.29, 1.82) is 0 Å². The van der Waals surface area contributed by atoms with E-state index in [0.29, 0.717) is 34.7 Å². The van der Waals surface area contributed by atoms with E-state index in [-0.39, 0.29) is 23.2 Å². The van der Waals surface area contributed by atoms with Gasteiger partial charge in [-0.05, 0) is 43.2 Å². The maximum absolute atomic E-state index is 13.5. The Balaban J connectivity index is 1.71. The molecule has 0 aliphatic carbocycles. The van der Waals surface area contributed by atoms with E-state index in [2.05, 4.69) is 10.2 Å². The Kier molecular flexibility index (Phi) is 4.74. The van der Waals surface area contributed by atoms with Crippen LogP contribution in [0, 0.1) is 6.92 Å². The quantitative estimate of drug-likeness (QED) is 0.628. The van der Waals surface area contributed by atoms with Crippen LogP contribution in [0.25, 0.3) is 11.3 Å². The number of H-pyrrole nitrogens is 1. The summed E-state index contributed by atoms with van der Waals surface area (Å²) < 4.78 is 29.8. The van der Waals surface area contributed by atoms with E-state index in [1.165, 1.54) is 0 Å². The summed E-state index contributed by atoms with van der Waals surface area (Å²) in [6.07, 6.45) is 0.386. The number of benzene rings is 2. The Hall–Kier alpha value is -3.33. The monoisotopic (exact) mass is 453 g/mol. The molecular weight excluding hydrogens is 430 g/mol. The van der Waals surface area contributed by atoms with Gasteiger partial charge in [0.1, 0.15) is 22.9 Å². The minimum absolute atomic E-state index is 0.0589. The van der Waals surface area contributed by atoms with Crippen molar-refractivity contribution in [3.05, 3.63) is 64.8 Å².